The van der Waals surface area contributed by atoms with Crippen molar-refractivity contribution in [3.8, 4) is 11.8 Å². The topological polar surface area (TPSA) is 55.5 Å². The van der Waals surface area contributed by atoms with E-state index in [1.54, 1.807) is 10.7 Å². The second-order valence-electron chi connectivity index (χ2n) is 5.72. The van der Waals surface area contributed by atoms with Gasteiger partial charge in [-0.15, -0.1) is 5.10 Å². The highest BCUT2D eigenvalue weighted by Crippen LogP contribution is 2.11. The Labute approximate surface area is 140 Å². The van der Waals surface area contributed by atoms with Gasteiger partial charge >= 0.3 is 0 Å². The summed E-state index contributed by atoms with van der Waals surface area (Å²) < 4.78 is 7.04. The number of benzene rings is 1. The molecule has 0 amide bonds. The number of fused-ring (bicyclic) bond motifs is 1. The molecule has 3 aromatic rings. The molecule has 0 saturated carbocycles. The van der Waals surface area contributed by atoms with E-state index < -0.39 is 0 Å². The van der Waals surface area contributed by atoms with Gasteiger partial charge in [0.25, 0.3) is 5.78 Å². The monoisotopic (exact) mass is 319 g/mol. The third-order valence-corrected chi connectivity index (χ3v) is 3.85. The maximum atomic E-state index is 5.36. The van der Waals surface area contributed by atoms with Gasteiger partial charge in [-0.25, -0.2) is 9.50 Å². The molecular formula is C18H17N5O. The third-order valence-electron chi connectivity index (χ3n) is 3.85. The van der Waals surface area contributed by atoms with Crippen LogP contribution in [0.15, 0.2) is 36.7 Å². The highest BCUT2D eigenvalue weighted by Gasteiger charge is 2.16. The number of rotatable bonds is 1. The van der Waals surface area contributed by atoms with E-state index in [0.717, 1.165) is 24.2 Å². The van der Waals surface area contributed by atoms with Gasteiger partial charge in [0, 0.05) is 31.0 Å². The van der Waals surface area contributed by atoms with Crippen LogP contribution >= 0.6 is 0 Å². The van der Waals surface area contributed by atoms with Crippen molar-refractivity contribution in [3.05, 3.63) is 53.3 Å². The molecule has 0 N–H and O–H groups in total. The third kappa shape index (κ3) is 3.07. The fourth-order valence-corrected chi connectivity index (χ4v) is 2.60. The second kappa shape index (κ2) is 6.30. The Hall–Kier alpha value is -2.91. The summed E-state index contributed by atoms with van der Waals surface area (Å²) in [5.74, 6) is 7.56. The molecule has 0 bridgehead atoms. The summed E-state index contributed by atoms with van der Waals surface area (Å²) in [6.07, 6.45) is 3.60. The number of morpholine rings is 1. The van der Waals surface area contributed by atoms with Crippen LogP contribution in [0.1, 0.15) is 16.7 Å². The Kier molecular flexibility index (Phi) is 3.85. The smallest absolute Gasteiger partial charge is 0.254 e. The van der Waals surface area contributed by atoms with Crippen LogP contribution < -0.4 is 4.90 Å². The van der Waals surface area contributed by atoms with Crippen LogP contribution in [0.4, 0.5) is 5.95 Å². The Morgan fingerprint density at radius 3 is 2.79 bits per heavy atom. The summed E-state index contributed by atoms with van der Waals surface area (Å²) in [6, 6.07) is 8.12. The van der Waals surface area contributed by atoms with E-state index >= 15 is 0 Å². The van der Waals surface area contributed by atoms with Crippen molar-refractivity contribution in [2.24, 2.45) is 0 Å². The quantitative estimate of drug-likeness (QED) is 0.639. The number of aryl methyl sites for hydroxylation is 1. The minimum atomic E-state index is 0.581. The van der Waals surface area contributed by atoms with E-state index in [1.807, 2.05) is 18.3 Å². The van der Waals surface area contributed by atoms with Crippen LogP contribution in [0.5, 0.6) is 0 Å². The van der Waals surface area contributed by atoms with Crippen LogP contribution in [-0.2, 0) is 4.74 Å². The molecule has 0 radical (unpaired) electrons. The molecule has 0 unspecified atom stereocenters. The Bertz CT molecular complexity index is 931. The predicted octanol–water partition coefficient (Wildman–Crippen LogP) is 1.67. The second-order valence-corrected chi connectivity index (χ2v) is 5.72. The minimum absolute atomic E-state index is 0.581. The summed E-state index contributed by atoms with van der Waals surface area (Å²) in [7, 11) is 0. The Morgan fingerprint density at radius 2 is 1.96 bits per heavy atom. The molecule has 3 heterocycles. The highest BCUT2D eigenvalue weighted by molar-refractivity contribution is 5.45. The molecule has 4 rings (SSSR count). The fourth-order valence-electron chi connectivity index (χ4n) is 2.60. The molecule has 1 aromatic carbocycles. The summed E-state index contributed by atoms with van der Waals surface area (Å²) >= 11 is 0. The van der Waals surface area contributed by atoms with Gasteiger partial charge in [-0.05, 0) is 24.6 Å². The first kappa shape index (κ1) is 14.7. The van der Waals surface area contributed by atoms with Crippen molar-refractivity contribution in [1.82, 2.24) is 19.6 Å². The molecule has 1 aliphatic rings. The lowest BCUT2D eigenvalue weighted by molar-refractivity contribution is 0.122. The van der Waals surface area contributed by atoms with E-state index in [-0.39, 0.29) is 0 Å². The molecule has 0 atom stereocenters. The lowest BCUT2D eigenvalue weighted by Gasteiger charge is -2.25. The summed E-state index contributed by atoms with van der Waals surface area (Å²) in [5.41, 5.74) is 2.99. The lowest BCUT2D eigenvalue weighted by Crippen LogP contribution is -2.36. The molecule has 2 aromatic heterocycles. The van der Waals surface area contributed by atoms with E-state index in [9.17, 15) is 0 Å². The van der Waals surface area contributed by atoms with E-state index in [4.69, 9.17) is 4.74 Å². The zero-order valence-electron chi connectivity index (χ0n) is 13.4. The molecule has 0 aliphatic carbocycles. The average molecular weight is 319 g/mol. The van der Waals surface area contributed by atoms with Crippen molar-refractivity contribution < 1.29 is 4.74 Å². The van der Waals surface area contributed by atoms with Crippen molar-refractivity contribution in [1.29, 1.82) is 0 Å². The Morgan fingerprint density at radius 1 is 1.12 bits per heavy atom. The average Bonchev–Trinajstić information content (AvgIpc) is 3.04. The zero-order valence-corrected chi connectivity index (χ0v) is 13.4. The van der Waals surface area contributed by atoms with Crippen molar-refractivity contribution in [2.45, 2.75) is 6.92 Å². The van der Waals surface area contributed by atoms with Crippen LogP contribution in [-0.4, -0.2) is 45.9 Å². The number of aromatic nitrogens is 4. The predicted molar refractivity (Wildman–Crippen MR) is 91.0 cm³/mol. The first-order valence-corrected chi connectivity index (χ1v) is 7.92. The van der Waals surface area contributed by atoms with Gasteiger partial charge in [-0.1, -0.05) is 24.0 Å². The zero-order chi connectivity index (χ0) is 16.4. The van der Waals surface area contributed by atoms with Crippen molar-refractivity contribution >= 4 is 11.7 Å². The lowest BCUT2D eigenvalue weighted by atomic mass is 10.1. The summed E-state index contributed by atoms with van der Waals surface area (Å²) in [5, 5.41) is 4.51. The summed E-state index contributed by atoms with van der Waals surface area (Å²) in [6.45, 7) is 5.07. The van der Waals surface area contributed by atoms with Gasteiger partial charge in [0.05, 0.1) is 18.8 Å². The summed E-state index contributed by atoms with van der Waals surface area (Å²) in [4.78, 5) is 10.9. The number of hydrogen-bond donors (Lipinski definition) is 0. The maximum absolute atomic E-state index is 5.36. The largest absolute Gasteiger partial charge is 0.378 e. The fraction of sp³-hybridized carbons (Fsp3) is 0.278. The molecule has 1 saturated heterocycles. The molecule has 0 spiro atoms. The van der Waals surface area contributed by atoms with Crippen LogP contribution in [0.3, 0.4) is 0 Å². The number of anilines is 1. The first-order chi connectivity index (χ1) is 11.8. The van der Waals surface area contributed by atoms with Gasteiger partial charge in [0.15, 0.2) is 0 Å². The van der Waals surface area contributed by atoms with Crippen LogP contribution in [0, 0.1) is 18.8 Å². The number of ether oxygens (including phenoxy) is 1. The van der Waals surface area contributed by atoms with Gasteiger partial charge < -0.3 is 9.64 Å². The Balaban J connectivity index is 1.61. The highest BCUT2D eigenvalue weighted by atomic mass is 16.5. The van der Waals surface area contributed by atoms with E-state index in [0.29, 0.717) is 24.9 Å². The minimum Gasteiger partial charge on any atom is -0.378 e. The molecule has 1 aliphatic heterocycles. The number of nitrogens with zero attached hydrogens (tertiary/aromatic N) is 5. The maximum Gasteiger partial charge on any atom is 0.254 e. The van der Waals surface area contributed by atoms with Crippen molar-refractivity contribution in [2.75, 3.05) is 31.2 Å². The molecule has 120 valence electrons. The van der Waals surface area contributed by atoms with Gasteiger partial charge in [0.1, 0.15) is 0 Å². The van der Waals surface area contributed by atoms with Gasteiger partial charge in [-0.3, -0.25) is 0 Å². The van der Waals surface area contributed by atoms with E-state index in [2.05, 4.69) is 50.9 Å². The molecular weight excluding hydrogens is 302 g/mol. The molecule has 6 heteroatoms. The standard InChI is InChI=1S/C18H17N5O/c1-14-3-2-4-15(11-14)5-6-16-12-19-17-20-18(21-23(17)13-16)22-7-9-24-10-8-22/h2-4,11-13H,7-10H2,1H3. The van der Waals surface area contributed by atoms with E-state index in [1.165, 1.54) is 5.56 Å². The molecule has 6 nitrogen and oxygen atoms in total. The van der Waals surface area contributed by atoms with Gasteiger partial charge in [0.2, 0.25) is 5.95 Å². The molecule has 1 fully saturated rings. The van der Waals surface area contributed by atoms with Crippen LogP contribution in [0.2, 0.25) is 0 Å². The first-order valence-electron chi connectivity index (χ1n) is 7.92. The van der Waals surface area contributed by atoms with Crippen molar-refractivity contribution in [3.63, 3.8) is 0 Å². The number of hydrogen-bond acceptors (Lipinski definition) is 5. The SMILES string of the molecule is Cc1cccc(C#Cc2cnc3nc(N4CCOCC4)nn3c2)c1. The van der Waals surface area contributed by atoms with Gasteiger partial charge in [-0.2, -0.15) is 4.98 Å². The normalized spacial score (nSPS) is 14.5. The van der Waals surface area contributed by atoms with Crippen LogP contribution in [0.25, 0.3) is 5.78 Å². The molecule has 24 heavy (non-hydrogen) atoms.